The van der Waals surface area contributed by atoms with Gasteiger partial charge in [0.1, 0.15) is 0 Å². The average Bonchev–Trinajstić information content (AvgIpc) is 2.81. The largest absolute Gasteiger partial charge is 0.461 e. The predicted molar refractivity (Wildman–Crippen MR) is 61.8 cm³/mol. The standard InChI is InChI=1S/C12H14N2O4/c1-2-8-12(17)13-11(16)7-14(8)6-9(15)10-4-3-5-18-10/h3-5,8H,2,6-7H2,1H3,(H,13,16,17). The molecule has 0 aromatic carbocycles. The molecule has 1 atom stereocenters. The van der Waals surface area contributed by atoms with Crippen molar-refractivity contribution in [3.8, 4) is 0 Å². The first-order valence-electron chi connectivity index (χ1n) is 5.76. The van der Waals surface area contributed by atoms with Crippen LogP contribution in [0.4, 0.5) is 0 Å². The van der Waals surface area contributed by atoms with Crippen LogP contribution in [0.2, 0.25) is 0 Å². The fourth-order valence-corrected chi connectivity index (χ4v) is 2.03. The smallest absolute Gasteiger partial charge is 0.243 e. The zero-order valence-electron chi connectivity index (χ0n) is 10.0. The Hall–Kier alpha value is -1.95. The highest BCUT2D eigenvalue weighted by Crippen LogP contribution is 2.11. The van der Waals surface area contributed by atoms with Gasteiger partial charge >= 0.3 is 0 Å². The molecule has 1 aliphatic rings. The van der Waals surface area contributed by atoms with Gasteiger partial charge in [0.05, 0.1) is 25.4 Å². The van der Waals surface area contributed by atoms with E-state index in [2.05, 4.69) is 5.32 Å². The molecule has 1 saturated heterocycles. The molecule has 6 nitrogen and oxygen atoms in total. The number of rotatable bonds is 4. The summed E-state index contributed by atoms with van der Waals surface area (Å²) in [6.07, 6.45) is 1.96. The van der Waals surface area contributed by atoms with E-state index < -0.39 is 6.04 Å². The maximum Gasteiger partial charge on any atom is 0.243 e. The van der Waals surface area contributed by atoms with Crippen LogP contribution in [-0.2, 0) is 9.59 Å². The molecule has 1 aromatic rings. The van der Waals surface area contributed by atoms with Gasteiger partial charge in [0.2, 0.25) is 17.6 Å². The number of carbonyl (C=O) groups is 3. The van der Waals surface area contributed by atoms with Gasteiger partial charge in [-0.1, -0.05) is 6.92 Å². The lowest BCUT2D eigenvalue weighted by molar-refractivity contribution is -0.139. The van der Waals surface area contributed by atoms with Gasteiger partial charge in [-0.25, -0.2) is 0 Å². The lowest BCUT2D eigenvalue weighted by Gasteiger charge is -2.32. The van der Waals surface area contributed by atoms with Crippen molar-refractivity contribution in [3.05, 3.63) is 24.2 Å². The Morgan fingerprint density at radius 2 is 2.33 bits per heavy atom. The predicted octanol–water partition coefficient (Wildman–Crippen LogP) is 0.199. The molecule has 1 aliphatic heterocycles. The molecule has 0 aliphatic carbocycles. The van der Waals surface area contributed by atoms with E-state index in [0.29, 0.717) is 6.42 Å². The van der Waals surface area contributed by atoms with Crippen LogP contribution in [0.25, 0.3) is 0 Å². The number of imide groups is 1. The van der Waals surface area contributed by atoms with Crippen LogP contribution >= 0.6 is 0 Å². The Morgan fingerprint density at radius 1 is 1.56 bits per heavy atom. The number of nitrogens with zero attached hydrogens (tertiary/aromatic N) is 1. The molecule has 0 spiro atoms. The third-order valence-corrected chi connectivity index (χ3v) is 2.88. The van der Waals surface area contributed by atoms with Gasteiger partial charge in [0.25, 0.3) is 0 Å². The molecule has 6 heteroatoms. The van der Waals surface area contributed by atoms with Crippen molar-refractivity contribution in [3.63, 3.8) is 0 Å². The summed E-state index contributed by atoms with van der Waals surface area (Å²) in [5, 5.41) is 2.26. The molecule has 1 unspecified atom stereocenters. The van der Waals surface area contributed by atoms with Gasteiger partial charge in [-0.3, -0.25) is 24.6 Å². The van der Waals surface area contributed by atoms with E-state index in [1.165, 1.54) is 6.26 Å². The highest BCUT2D eigenvalue weighted by atomic mass is 16.3. The van der Waals surface area contributed by atoms with Crippen LogP contribution in [-0.4, -0.2) is 41.6 Å². The van der Waals surface area contributed by atoms with Crippen LogP contribution in [0, 0.1) is 0 Å². The fraction of sp³-hybridized carbons (Fsp3) is 0.417. The number of furan rings is 1. The fourth-order valence-electron chi connectivity index (χ4n) is 2.03. The molecule has 2 amide bonds. The SMILES string of the molecule is CCC1C(=O)NC(=O)CN1CC(=O)c1ccco1. The molecule has 18 heavy (non-hydrogen) atoms. The number of ketones is 1. The first-order chi connectivity index (χ1) is 8.61. The van der Waals surface area contributed by atoms with E-state index in [-0.39, 0.29) is 36.4 Å². The van der Waals surface area contributed by atoms with Crippen molar-refractivity contribution in [2.24, 2.45) is 0 Å². The van der Waals surface area contributed by atoms with Crippen molar-refractivity contribution in [1.29, 1.82) is 0 Å². The van der Waals surface area contributed by atoms with E-state index in [4.69, 9.17) is 4.42 Å². The average molecular weight is 250 g/mol. The van der Waals surface area contributed by atoms with Crippen molar-refractivity contribution in [2.75, 3.05) is 13.1 Å². The number of hydrogen-bond acceptors (Lipinski definition) is 5. The zero-order valence-corrected chi connectivity index (χ0v) is 10.0. The Morgan fingerprint density at radius 3 is 2.94 bits per heavy atom. The van der Waals surface area contributed by atoms with E-state index in [9.17, 15) is 14.4 Å². The molecule has 0 bridgehead atoms. The monoisotopic (exact) mass is 250 g/mol. The lowest BCUT2D eigenvalue weighted by Crippen LogP contribution is -2.58. The van der Waals surface area contributed by atoms with Crippen molar-refractivity contribution in [2.45, 2.75) is 19.4 Å². The summed E-state index contributed by atoms with van der Waals surface area (Å²) in [6, 6.07) is 2.75. The topological polar surface area (TPSA) is 79.6 Å². The van der Waals surface area contributed by atoms with E-state index in [0.717, 1.165) is 0 Å². The number of hydrogen-bond donors (Lipinski definition) is 1. The number of piperazine rings is 1. The highest BCUT2D eigenvalue weighted by Gasteiger charge is 2.33. The van der Waals surface area contributed by atoms with Gasteiger partial charge in [0, 0.05) is 0 Å². The minimum Gasteiger partial charge on any atom is -0.461 e. The number of nitrogens with one attached hydrogen (secondary N) is 1. The molecular weight excluding hydrogens is 236 g/mol. The number of amides is 2. The summed E-state index contributed by atoms with van der Waals surface area (Å²) in [6.45, 7) is 1.90. The van der Waals surface area contributed by atoms with Gasteiger partial charge < -0.3 is 4.42 Å². The molecule has 0 saturated carbocycles. The van der Waals surface area contributed by atoms with Crippen molar-refractivity contribution >= 4 is 17.6 Å². The van der Waals surface area contributed by atoms with Crippen molar-refractivity contribution < 1.29 is 18.8 Å². The van der Waals surface area contributed by atoms with E-state index >= 15 is 0 Å². The molecule has 1 aromatic heterocycles. The molecule has 96 valence electrons. The number of carbonyl (C=O) groups excluding carboxylic acids is 3. The minimum atomic E-state index is -0.443. The Kier molecular flexibility index (Phi) is 3.57. The van der Waals surface area contributed by atoms with Crippen LogP contribution in [0.1, 0.15) is 23.9 Å². The third-order valence-electron chi connectivity index (χ3n) is 2.88. The third kappa shape index (κ3) is 2.48. The molecular formula is C12H14N2O4. The second kappa shape index (κ2) is 5.14. The normalized spacial score (nSPS) is 20.8. The maximum absolute atomic E-state index is 11.9. The quantitative estimate of drug-likeness (QED) is 0.610. The first kappa shape index (κ1) is 12.5. The Balaban J connectivity index is 2.08. The summed E-state index contributed by atoms with van der Waals surface area (Å²) < 4.78 is 5.00. The van der Waals surface area contributed by atoms with Crippen LogP contribution in [0.15, 0.2) is 22.8 Å². The van der Waals surface area contributed by atoms with Crippen LogP contribution in [0.3, 0.4) is 0 Å². The van der Waals surface area contributed by atoms with E-state index in [1.807, 2.05) is 6.92 Å². The Labute approximate surface area is 104 Å². The van der Waals surface area contributed by atoms with Gasteiger partial charge in [0.15, 0.2) is 5.76 Å². The molecule has 2 rings (SSSR count). The summed E-state index contributed by atoms with van der Waals surface area (Å²) in [4.78, 5) is 36.4. The summed E-state index contributed by atoms with van der Waals surface area (Å²) in [5.74, 6) is -0.720. The summed E-state index contributed by atoms with van der Waals surface area (Å²) >= 11 is 0. The molecule has 1 fully saturated rings. The summed E-state index contributed by atoms with van der Waals surface area (Å²) in [7, 11) is 0. The van der Waals surface area contributed by atoms with Crippen LogP contribution in [0.5, 0.6) is 0 Å². The van der Waals surface area contributed by atoms with Gasteiger partial charge in [-0.05, 0) is 18.6 Å². The molecule has 2 heterocycles. The first-order valence-corrected chi connectivity index (χ1v) is 5.76. The van der Waals surface area contributed by atoms with Gasteiger partial charge in [-0.15, -0.1) is 0 Å². The van der Waals surface area contributed by atoms with Crippen LogP contribution < -0.4 is 5.32 Å². The second-order valence-electron chi connectivity index (χ2n) is 4.14. The lowest BCUT2D eigenvalue weighted by atomic mass is 10.1. The Bertz CT molecular complexity index is 466. The molecule has 1 N–H and O–H groups in total. The summed E-state index contributed by atoms with van der Waals surface area (Å²) in [5.41, 5.74) is 0. The maximum atomic E-state index is 11.9. The second-order valence-corrected chi connectivity index (χ2v) is 4.14. The minimum absolute atomic E-state index is 0.00514. The van der Waals surface area contributed by atoms with E-state index in [1.54, 1.807) is 17.0 Å². The zero-order chi connectivity index (χ0) is 13.1. The highest BCUT2D eigenvalue weighted by molar-refractivity contribution is 6.02. The molecule has 0 radical (unpaired) electrons. The van der Waals surface area contributed by atoms with Crippen molar-refractivity contribution in [1.82, 2.24) is 10.2 Å². The number of Topliss-reactive ketones (excluding diaryl/α,β-unsaturated/α-hetero) is 1. The van der Waals surface area contributed by atoms with Gasteiger partial charge in [-0.2, -0.15) is 0 Å².